The number of anilines is 1. The molecule has 0 saturated carbocycles. The predicted molar refractivity (Wildman–Crippen MR) is 77.0 cm³/mol. The maximum Gasteiger partial charge on any atom is 0.0478 e. The Balaban J connectivity index is 2.10. The highest BCUT2D eigenvalue weighted by molar-refractivity contribution is 7.08. The number of hydrogen-bond acceptors (Lipinski definition) is 3. The van der Waals surface area contributed by atoms with Gasteiger partial charge in [0.1, 0.15) is 0 Å². The lowest BCUT2D eigenvalue weighted by molar-refractivity contribution is 0.327. The lowest BCUT2D eigenvalue weighted by Crippen LogP contribution is -2.58. The van der Waals surface area contributed by atoms with Crippen LogP contribution in [0.5, 0.6) is 0 Å². The zero-order chi connectivity index (χ0) is 12.3. The maximum atomic E-state index is 3.71. The van der Waals surface area contributed by atoms with E-state index in [0.717, 1.165) is 13.1 Å². The Labute approximate surface area is 109 Å². The molecule has 1 aliphatic heterocycles. The van der Waals surface area contributed by atoms with Crippen molar-refractivity contribution in [1.29, 1.82) is 0 Å². The lowest BCUT2D eigenvalue weighted by Gasteiger charge is -2.43. The van der Waals surface area contributed by atoms with Gasteiger partial charge in [-0.3, -0.25) is 0 Å². The van der Waals surface area contributed by atoms with Crippen LogP contribution in [0.3, 0.4) is 0 Å². The molecule has 2 unspecified atom stereocenters. The van der Waals surface area contributed by atoms with Crippen molar-refractivity contribution in [1.82, 2.24) is 5.32 Å². The average molecular weight is 252 g/mol. The minimum Gasteiger partial charge on any atom is -0.365 e. The quantitative estimate of drug-likeness (QED) is 0.884. The number of rotatable bonds is 4. The molecule has 1 fully saturated rings. The zero-order valence-corrected chi connectivity index (χ0v) is 12.0. The Bertz CT molecular complexity index is 321. The predicted octanol–water partition coefficient (Wildman–Crippen LogP) is 3.35. The van der Waals surface area contributed by atoms with Gasteiger partial charge in [0.2, 0.25) is 0 Å². The lowest BCUT2D eigenvalue weighted by atomic mass is 9.96. The average Bonchev–Trinajstić information content (AvgIpc) is 2.82. The first kappa shape index (κ1) is 12.9. The van der Waals surface area contributed by atoms with Gasteiger partial charge in [-0.05, 0) is 23.8 Å². The topological polar surface area (TPSA) is 15.3 Å². The number of piperazine rings is 1. The van der Waals surface area contributed by atoms with Gasteiger partial charge in [-0.1, -0.05) is 27.2 Å². The molecular formula is C14H24N2S. The molecule has 0 amide bonds. The first-order valence-electron chi connectivity index (χ1n) is 6.74. The van der Waals surface area contributed by atoms with Crippen molar-refractivity contribution in [2.75, 3.05) is 18.0 Å². The second-order valence-corrected chi connectivity index (χ2v) is 6.12. The summed E-state index contributed by atoms with van der Waals surface area (Å²) in [6, 6.07) is 3.56. The fraction of sp³-hybridized carbons (Fsp3) is 0.714. The SMILES string of the molecule is CCCC1CN(c2ccsc2)C(C(C)C)CN1. The van der Waals surface area contributed by atoms with Crippen molar-refractivity contribution in [2.24, 2.45) is 5.92 Å². The van der Waals surface area contributed by atoms with E-state index in [1.165, 1.54) is 18.5 Å². The third-order valence-corrected chi connectivity index (χ3v) is 4.35. The first-order chi connectivity index (χ1) is 8.22. The smallest absolute Gasteiger partial charge is 0.0478 e. The van der Waals surface area contributed by atoms with Crippen LogP contribution in [0.4, 0.5) is 5.69 Å². The van der Waals surface area contributed by atoms with Crippen LogP contribution in [-0.2, 0) is 0 Å². The van der Waals surface area contributed by atoms with Crippen LogP contribution >= 0.6 is 11.3 Å². The molecule has 2 heterocycles. The number of nitrogens with one attached hydrogen (secondary N) is 1. The largest absolute Gasteiger partial charge is 0.365 e. The summed E-state index contributed by atoms with van der Waals surface area (Å²) in [5.41, 5.74) is 1.41. The fourth-order valence-corrected chi connectivity index (χ4v) is 3.34. The van der Waals surface area contributed by atoms with Crippen LogP contribution in [0.25, 0.3) is 0 Å². The van der Waals surface area contributed by atoms with Gasteiger partial charge in [0.25, 0.3) is 0 Å². The monoisotopic (exact) mass is 252 g/mol. The van der Waals surface area contributed by atoms with Crippen molar-refractivity contribution in [3.8, 4) is 0 Å². The van der Waals surface area contributed by atoms with E-state index in [0.29, 0.717) is 18.0 Å². The van der Waals surface area contributed by atoms with E-state index in [1.807, 2.05) is 0 Å². The summed E-state index contributed by atoms with van der Waals surface area (Å²) >= 11 is 1.80. The number of hydrogen-bond donors (Lipinski definition) is 1. The van der Waals surface area contributed by atoms with Crippen LogP contribution in [0.1, 0.15) is 33.6 Å². The van der Waals surface area contributed by atoms with E-state index >= 15 is 0 Å². The van der Waals surface area contributed by atoms with Gasteiger partial charge in [-0.15, -0.1) is 0 Å². The van der Waals surface area contributed by atoms with Crippen LogP contribution < -0.4 is 10.2 Å². The number of thiophene rings is 1. The molecule has 2 rings (SSSR count). The second kappa shape index (κ2) is 5.87. The minimum absolute atomic E-state index is 0.637. The molecule has 0 radical (unpaired) electrons. The molecule has 1 aromatic rings. The van der Waals surface area contributed by atoms with Crippen molar-refractivity contribution < 1.29 is 0 Å². The van der Waals surface area contributed by atoms with Crippen LogP contribution in [0, 0.1) is 5.92 Å². The highest BCUT2D eigenvalue weighted by Crippen LogP contribution is 2.26. The number of nitrogens with zero attached hydrogens (tertiary/aromatic N) is 1. The van der Waals surface area contributed by atoms with E-state index in [2.05, 4.69) is 47.8 Å². The van der Waals surface area contributed by atoms with Gasteiger partial charge in [0.05, 0.1) is 0 Å². The van der Waals surface area contributed by atoms with Gasteiger partial charge in [0, 0.05) is 36.2 Å². The summed E-state index contributed by atoms with van der Waals surface area (Å²) in [5.74, 6) is 0.699. The fourth-order valence-electron chi connectivity index (χ4n) is 2.69. The summed E-state index contributed by atoms with van der Waals surface area (Å²) in [7, 11) is 0. The van der Waals surface area contributed by atoms with Crippen LogP contribution in [0.2, 0.25) is 0 Å². The molecule has 1 saturated heterocycles. The molecule has 2 atom stereocenters. The zero-order valence-electron chi connectivity index (χ0n) is 11.1. The van der Waals surface area contributed by atoms with E-state index in [-0.39, 0.29) is 0 Å². The molecule has 3 heteroatoms. The molecule has 0 aromatic carbocycles. The van der Waals surface area contributed by atoms with E-state index in [4.69, 9.17) is 0 Å². The molecule has 2 nitrogen and oxygen atoms in total. The van der Waals surface area contributed by atoms with Crippen LogP contribution in [-0.4, -0.2) is 25.2 Å². The van der Waals surface area contributed by atoms with Gasteiger partial charge in [0.15, 0.2) is 0 Å². The highest BCUT2D eigenvalue weighted by atomic mass is 32.1. The molecule has 17 heavy (non-hydrogen) atoms. The third-order valence-electron chi connectivity index (χ3n) is 3.68. The molecule has 1 aromatic heterocycles. The molecule has 96 valence electrons. The maximum absolute atomic E-state index is 3.71. The minimum atomic E-state index is 0.637. The Morgan fingerprint density at radius 1 is 1.53 bits per heavy atom. The standard InChI is InChI=1S/C14H24N2S/c1-4-5-12-9-16(13-6-7-17-10-13)14(8-15-12)11(2)3/h6-7,10-12,14-15H,4-5,8-9H2,1-3H3. The van der Waals surface area contributed by atoms with Crippen molar-refractivity contribution in [3.63, 3.8) is 0 Å². The van der Waals surface area contributed by atoms with Crippen LogP contribution in [0.15, 0.2) is 16.8 Å². The second-order valence-electron chi connectivity index (χ2n) is 5.34. The summed E-state index contributed by atoms with van der Waals surface area (Å²) in [4.78, 5) is 2.61. The van der Waals surface area contributed by atoms with Gasteiger partial charge in [-0.2, -0.15) is 11.3 Å². The molecule has 0 bridgehead atoms. The molecular weight excluding hydrogens is 228 g/mol. The van der Waals surface area contributed by atoms with E-state index < -0.39 is 0 Å². The molecule has 0 spiro atoms. The summed E-state index contributed by atoms with van der Waals surface area (Å²) in [6.45, 7) is 9.20. The molecule has 0 aliphatic carbocycles. The Morgan fingerprint density at radius 2 is 2.35 bits per heavy atom. The first-order valence-corrected chi connectivity index (χ1v) is 7.69. The summed E-state index contributed by atoms with van der Waals surface area (Å²) in [6.07, 6.45) is 2.55. The summed E-state index contributed by atoms with van der Waals surface area (Å²) < 4.78 is 0. The highest BCUT2D eigenvalue weighted by Gasteiger charge is 2.29. The van der Waals surface area contributed by atoms with Crippen molar-refractivity contribution >= 4 is 17.0 Å². The van der Waals surface area contributed by atoms with Gasteiger partial charge >= 0.3 is 0 Å². The summed E-state index contributed by atoms with van der Waals surface area (Å²) in [5, 5.41) is 8.17. The molecule has 1 N–H and O–H groups in total. The van der Waals surface area contributed by atoms with Crippen molar-refractivity contribution in [3.05, 3.63) is 16.8 Å². The van der Waals surface area contributed by atoms with Gasteiger partial charge < -0.3 is 10.2 Å². The Hall–Kier alpha value is -0.540. The van der Waals surface area contributed by atoms with Crippen molar-refractivity contribution in [2.45, 2.75) is 45.7 Å². The third kappa shape index (κ3) is 3.02. The van der Waals surface area contributed by atoms with E-state index in [9.17, 15) is 0 Å². The Kier molecular flexibility index (Phi) is 4.46. The van der Waals surface area contributed by atoms with Gasteiger partial charge in [-0.25, -0.2) is 0 Å². The Morgan fingerprint density at radius 3 is 2.94 bits per heavy atom. The molecule has 1 aliphatic rings. The van der Waals surface area contributed by atoms with E-state index in [1.54, 1.807) is 11.3 Å². The normalized spacial score (nSPS) is 25.5.